The third-order valence-electron chi connectivity index (χ3n) is 5.41. The van der Waals surface area contributed by atoms with Crippen LogP contribution in [0.1, 0.15) is 22.7 Å². The van der Waals surface area contributed by atoms with Gasteiger partial charge in [0, 0.05) is 43.4 Å². The number of pyridine rings is 1. The number of aliphatic hydroxyl groups is 1. The Kier molecular flexibility index (Phi) is 5.29. The summed E-state index contributed by atoms with van der Waals surface area (Å²) in [4.78, 5) is 33.7. The summed E-state index contributed by atoms with van der Waals surface area (Å²) < 4.78 is 0. The second-order valence-corrected chi connectivity index (χ2v) is 7.73. The van der Waals surface area contributed by atoms with Crippen LogP contribution >= 0.6 is 0 Å². The standard InChI is InChI=1S/C25H23N3O3/c1-16-6-8-17(9-7-16)23(29)21-22(18-5-4-14-26-15-18)28(25(31)24(21)30)20-12-10-19(11-13-20)27(2)3/h4-15,22,29H,1-3H3/b23-21+. The van der Waals surface area contributed by atoms with E-state index in [2.05, 4.69) is 4.98 Å². The first-order chi connectivity index (χ1) is 14.9. The number of carbonyl (C=O) groups excluding carboxylic acids is 2. The van der Waals surface area contributed by atoms with E-state index in [0.717, 1.165) is 11.3 Å². The number of nitrogens with zero attached hydrogens (tertiary/aromatic N) is 3. The Bertz CT molecular complexity index is 1150. The van der Waals surface area contributed by atoms with Crippen LogP contribution in [0.25, 0.3) is 5.76 Å². The Morgan fingerprint density at radius 2 is 1.68 bits per heavy atom. The Balaban J connectivity index is 1.89. The van der Waals surface area contributed by atoms with Gasteiger partial charge in [0.25, 0.3) is 11.7 Å². The first-order valence-corrected chi connectivity index (χ1v) is 9.94. The van der Waals surface area contributed by atoms with E-state index in [0.29, 0.717) is 16.8 Å². The van der Waals surface area contributed by atoms with Gasteiger partial charge in [0.15, 0.2) is 0 Å². The Morgan fingerprint density at radius 3 is 2.26 bits per heavy atom. The molecule has 2 heterocycles. The number of aliphatic hydroxyl groups excluding tert-OH is 1. The van der Waals surface area contributed by atoms with Crippen molar-refractivity contribution < 1.29 is 14.7 Å². The zero-order valence-electron chi connectivity index (χ0n) is 17.6. The molecule has 1 saturated heterocycles. The highest BCUT2D eigenvalue weighted by Crippen LogP contribution is 2.42. The zero-order valence-corrected chi connectivity index (χ0v) is 17.6. The highest BCUT2D eigenvalue weighted by atomic mass is 16.3. The summed E-state index contributed by atoms with van der Waals surface area (Å²) in [5.74, 6) is -1.59. The quantitative estimate of drug-likeness (QED) is 0.396. The summed E-state index contributed by atoms with van der Waals surface area (Å²) in [7, 11) is 3.86. The smallest absolute Gasteiger partial charge is 0.300 e. The molecular formula is C25H23N3O3. The van der Waals surface area contributed by atoms with Gasteiger partial charge < -0.3 is 10.0 Å². The highest BCUT2D eigenvalue weighted by Gasteiger charge is 2.47. The van der Waals surface area contributed by atoms with Gasteiger partial charge in [0.1, 0.15) is 5.76 Å². The number of aromatic nitrogens is 1. The van der Waals surface area contributed by atoms with Gasteiger partial charge in [-0.2, -0.15) is 0 Å². The normalized spacial score (nSPS) is 17.8. The van der Waals surface area contributed by atoms with Gasteiger partial charge in [0.2, 0.25) is 0 Å². The average Bonchev–Trinajstić information content (AvgIpc) is 3.05. The number of rotatable bonds is 4. The monoisotopic (exact) mass is 413 g/mol. The Hall–Kier alpha value is -3.93. The van der Waals surface area contributed by atoms with Crippen LogP contribution in [0, 0.1) is 6.92 Å². The number of hydrogen-bond acceptors (Lipinski definition) is 5. The first-order valence-electron chi connectivity index (χ1n) is 9.94. The van der Waals surface area contributed by atoms with E-state index in [-0.39, 0.29) is 11.3 Å². The van der Waals surface area contributed by atoms with Gasteiger partial charge in [-0.1, -0.05) is 35.9 Å². The molecule has 0 spiro atoms. The van der Waals surface area contributed by atoms with Crippen molar-refractivity contribution >= 4 is 28.8 Å². The van der Waals surface area contributed by atoms with Gasteiger partial charge in [-0.25, -0.2) is 0 Å². The number of amides is 1. The van der Waals surface area contributed by atoms with E-state index in [1.807, 2.05) is 50.2 Å². The van der Waals surface area contributed by atoms with Crippen molar-refractivity contribution in [2.45, 2.75) is 13.0 Å². The van der Waals surface area contributed by atoms with E-state index in [1.54, 1.807) is 48.8 Å². The molecule has 6 heteroatoms. The van der Waals surface area contributed by atoms with Crippen LogP contribution in [-0.2, 0) is 9.59 Å². The Morgan fingerprint density at radius 1 is 1.00 bits per heavy atom. The van der Waals surface area contributed by atoms with Crippen molar-refractivity contribution in [1.29, 1.82) is 0 Å². The predicted octanol–water partition coefficient (Wildman–Crippen LogP) is 4.08. The van der Waals surface area contributed by atoms with Crippen molar-refractivity contribution in [3.63, 3.8) is 0 Å². The minimum atomic E-state index is -0.778. The number of ketones is 1. The van der Waals surface area contributed by atoms with Gasteiger partial charge >= 0.3 is 0 Å². The summed E-state index contributed by atoms with van der Waals surface area (Å²) >= 11 is 0. The van der Waals surface area contributed by atoms with Crippen molar-refractivity contribution in [2.75, 3.05) is 23.9 Å². The maximum atomic E-state index is 13.1. The first kappa shape index (κ1) is 20.3. The fourth-order valence-electron chi connectivity index (χ4n) is 3.73. The molecule has 1 amide bonds. The van der Waals surface area contributed by atoms with E-state index in [4.69, 9.17) is 0 Å². The second kappa shape index (κ2) is 8.07. The fourth-order valence-corrected chi connectivity index (χ4v) is 3.73. The molecule has 1 fully saturated rings. The molecule has 4 rings (SSSR count). The molecule has 0 bridgehead atoms. The lowest BCUT2D eigenvalue weighted by molar-refractivity contribution is -0.132. The van der Waals surface area contributed by atoms with Crippen LogP contribution in [0.15, 0.2) is 78.6 Å². The summed E-state index contributed by atoms with van der Waals surface area (Å²) in [5, 5.41) is 11.1. The summed E-state index contributed by atoms with van der Waals surface area (Å²) in [5.41, 5.74) is 3.76. The molecule has 3 aromatic rings. The van der Waals surface area contributed by atoms with Gasteiger partial charge in [-0.05, 0) is 42.8 Å². The number of carbonyl (C=O) groups is 2. The maximum Gasteiger partial charge on any atom is 0.300 e. The van der Waals surface area contributed by atoms with E-state index in [1.165, 1.54) is 4.90 Å². The van der Waals surface area contributed by atoms with Crippen molar-refractivity contribution in [3.8, 4) is 0 Å². The van der Waals surface area contributed by atoms with Gasteiger partial charge in [-0.15, -0.1) is 0 Å². The molecular weight excluding hydrogens is 390 g/mol. The lowest BCUT2D eigenvalue weighted by Gasteiger charge is -2.25. The lowest BCUT2D eigenvalue weighted by atomic mass is 9.96. The summed E-state index contributed by atoms with van der Waals surface area (Å²) in [6.45, 7) is 1.94. The molecule has 1 aliphatic rings. The minimum Gasteiger partial charge on any atom is -0.507 e. The van der Waals surface area contributed by atoms with Crippen LogP contribution in [0.2, 0.25) is 0 Å². The number of Topliss-reactive ketones (excluding diaryl/α,β-unsaturated/α-hetero) is 1. The summed E-state index contributed by atoms with van der Waals surface area (Å²) in [6.07, 6.45) is 3.24. The number of hydrogen-bond donors (Lipinski definition) is 1. The van der Waals surface area contributed by atoms with Crippen molar-refractivity contribution in [2.24, 2.45) is 0 Å². The minimum absolute atomic E-state index is 0.0542. The molecule has 1 aliphatic heterocycles. The molecule has 1 unspecified atom stereocenters. The number of anilines is 2. The van der Waals surface area contributed by atoms with Crippen LogP contribution in [0.4, 0.5) is 11.4 Å². The van der Waals surface area contributed by atoms with Gasteiger partial charge in [-0.3, -0.25) is 19.5 Å². The van der Waals surface area contributed by atoms with Crippen LogP contribution in [-0.4, -0.2) is 35.9 Å². The van der Waals surface area contributed by atoms with Crippen molar-refractivity contribution in [1.82, 2.24) is 4.98 Å². The highest BCUT2D eigenvalue weighted by molar-refractivity contribution is 6.51. The number of benzene rings is 2. The molecule has 1 aromatic heterocycles. The second-order valence-electron chi connectivity index (χ2n) is 7.73. The largest absolute Gasteiger partial charge is 0.507 e. The molecule has 156 valence electrons. The Labute approximate surface area is 181 Å². The SMILES string of the molecule is Cc1ccc(/C(O)=C2\C(=O)C(=O)N(c3ccc(N(C)C)cc3)C2c2cccnc2)cc1. The van der Waals surface area contributed by atoms with Gasteiger partial charge in [0.05, 0.1) is 11.6 Å². The van der Waals surface area contributed by atoms with Crippen LogP contribution in [0.5, 0.6) is 0 Å². The molecule has 6 nitrogen and oxygen atoms in total. The third-order valence-corrected chi connectivity index (χ3v) is 5.41. The molecule has 1 atom stereocenters. The summed E-state index contributed by atoms with van der Waals surface area (Å²) in [6, 6.07) is 17.3. The third kappa shape index (κ3) is 3.68. The zero-order chi connectivity index (χ0) is 22.1. The molecule has 1 N–H and O–H groups in total. The van der Waals surface area contributed by atoms with Crippen LogP contribution < -0.4 is 9.80 Å². The van der Waals surface area contributed by atoms with E-state index >= 15 is 0 Å². The maximum absolute atomic E-state index is 13.1. The molecule has 31 heavy (non-hydrogen) atoms. The molecule has 2 aromatic carbocycles. The fraction of sp³-hybridized carbons (Fsp3) is 0.160. The van der Waals surface area contributed by atoms with Crippen LogP contribution in [0.3, 0.4) is 0 Å². The predicted molar refractivity (Wildman–Crippen MR) is 121 cm³/mol. The topological polar surface area (TPSA) is 73.7 Å². The lowest BCUT2D eigenvalue weighted by Crippen LogP contribution is -2.29. The van der Waals surface area contributed by atoms with E-state index in [9.17, 15) is 14.7 Å². The van der Waals surface area contributed by atoms with Crippen molar-refractivity contribution in [3.05, 3.63) is 95.3 Å². The molecule has 0 aliphatic carbocycles. The van der Waals surface area contributed by atoms with E-state index < -0.39 is 17.7 Å². The molecule has 0 radical (unpaired) electrons. The average molecular weight is 413 g/mol. The number of aryl methyl sites for hydroxylation is 1. The molecule has 0 saturated carbocycles.